The van der Waals surface area contributed by atoms with Crippen LogP contribution in [-0.2, 0) is 12.1 Å². The van der Waals surface area contributed by atoms with E-state index in [2.05, 4.69) is 56.4 Å². The molecule has 3 unspecified atom stereocenters. The van der Waals surface area contributed by atoms with Gasteiger partial charge in [0.2, 0.25) is 0 Å². The lowest BCUT2D eigenvalue weighted by atomic mass is 9.98. The van der Waals surface area contributed by atoms with Crippen LogP contribution in [0.5, 0.6) is 0 Å². The number of aromatic nitrogens is 3. The van der Waals surface area contributed by atoms with Crippen molar-refractivity contribution in [2.45, 2.75) is 65.6 Å². The highest BCUT2D eigenvalue weighted by molar-refractivity contribution is 4.96. The van der Waals surface area contributed by atoms with Gasteiger partial charge in [-0.05, 0) is 45.4 Å². The summed E-state index contributed by atoms with van der Waals surface area (Å²) in [5, 5.41) is 12.1. The van der Waals surface area contributed by atoms with E-state index in [-0.39, 0.29) is 5.54 Å². The van der Waals surface area contributed by atoms with Gasteiger partial charge in [-0.3, -0.25) is 0 Å². The molecule has 0 amide bonds. The van der Waals surface area contributed by atoms with Crippen LogP contribution in [0, 0.1) is 11.8 Å². The van der Waals surface area contributed by atoms with E-state index in [9.17, 15) is 0 Å². The first-order valence-electron chi connectivity index (χ1n) is 7.03. The first-order valence-corrected chi connectivity index (χ1v) is 7.03. The van der Waals surface area contributed by atoms with Crippen molar-refractivity contribution in [1.82, 2.24) is 20.3 Å². The van der Waals surface area contributed by atoms with Gasteiger partial charge in [0.05, 0.1) is 17.4 Å². The first-order chi connectivity index (χ1) is 8.38. The number of nitrogens with one attached hydrogen (secondary N) is 1. The molecule has 0 aromatic carbocycles. The Morgan fingerprint density at radius 1 is 1.33 bits per heavy atom. The lowest BCUT2D eigenvalue weighted by Crippen LogP contribution is -2.32. The van der Waals surface area contributed by atoms with Gasteiger partial charge in [-0.15, -0.1) is 5.10 Å². The van der Waals surface area contributed by atoms with Crippen LogP contribution in [0.2, 0.25) is 0 Å². The molecule has 0 aliphatic heterocycles. The van der Waals surface area contributed by atoms with Crippen LogP contribution >= 0.6 is 0 Å². The van der Waals surface area contributed by atoms with Gasteiger partial charge in [-0.2, -0.15) is 0 Å². The molecule has 1 saturated carbocycles. The maximum Gasteiger partial charge on any atom is 0.0965 e. The van der Waals surface area contributed by atoms with Crippen LogP contribution < -0.4 is 5.32 Å². The summed E-state index contributed by atoms with van der Waals surface area (Å²) in [6.07, 6.45) is 4.68. The van der Waals surface area contributed by atoms with Gasteiger partial charge in [-0.25, -0.2) is 4.68 Å². The standard InChI is InChI=1S/C14H26N4/c1-10-6-7-13(11(10)2)15-8-12-9-18(17-16-12)14(3,4)5/h9-11,13,15H,6-8H2,1-5H3. The number of hydrogen-bond donors (Lipinski definition) is 1. The molecule has 2 rings (SSSR count). The monoisotopic (exact) mass is 250 g/mol. The average molecular weight is 250 g/mol. The molecule has 0 saturated heterocycles. The third-order valence-corrected chi connectivity index (χ3v) is 4.24. The van der Waals surface area contributed by atoms with E-state index in [1.165, 1.54) is 12.8 Å². The van der Waals surface area contributed by atoms with Crippen molar-refractivity contribution < 1.29 is 0 Å². The number of rotatable bonds is 3. The fraction of sp³-hybridized carbons (Fsp3) is 0.857. The third-order valence-electron chi connectivity index (χ3n) is 4.24. The molecular weight excluding hydrogens is 224 g/mol. The maximum atomic E-state index is 4.24. The molecule has 1 aliphatic carbocycles. The molecule has 1 aromatic heterocycles. The van der Waals surface area contributed by atoms with E-state index in [4.69, 9.17) is 0 Å². The highest BCUT2D eigenvalue weighted by atomic mass is 15.4. The topological polar surface area (TPSA) is 42.7 Å². The van der Waals surface area contributed by atoms with Crippen molar-refractivity contribution in [1.29, 1.82) is 0 Å². The van der Waals surface area contributed by atoms with Crippen LogP contribution in [0.4, 0.5) is 0 Å². The summed E-state index contributed by atoms with van der Waals surface area (Å²) in [6, 6.07) is 0.639. The van der Waals surface area contributed by atoms with E-state index in [0.717, 1.165) is 24.1 Å². The Morgan fingerprint density at radius 3 is 2.56 bits per heavy atom. The number of nitrogens with zero attached hydrogens (tertiary/aromatic N) is 3. The van der Waals surface area contributed by atoms with Crippen molar-refractivity contribution in [2.75, 3.05) is 0 Å². The van der Waals surface area contributed by atoms with Gasteiger partial charge < -0.3 is 5.32 Å². The van der Waals surface area contributed by atoms with Crippen LogP contribution in [0.1, 0.15) is 53.2 Å². The minimum absolute atomic E-state index is 0.0143. The van der Waals surface area contributed by atoms with Gasteiger partial charge in [0, 0.05) is 12.6 Å². The molecule has 1 heterocycles. The third kappa shape index (κ3) is 2.91. The van der Waals surface area contributed by atoms with Gasteiger partial charge in [-0.1, -0.05) is 19.1 Å². The van der Waals surface area contributed by atoms with E-state index in [1.54, 1.807) is 0 Å². The first kappa shape index (κ1) is 13.5. The molecule has 18 heavy (non-hydrogen) atoms. The Bertz CT molecular complexity index is 391. The summed E-state index contributed by atoms with van der Waals surface area (Å²) in [5.41, 5.74) is 1.05. The van der Waals surface area contributed by atoms with E-state index in [1.807, 2.05) is 4.68 Å². The largest absolute Gasteiger partial charge is 0.308 e. The minimum Gasteiger partial charge on any atom is -0.308 e. The summed E-state index contributed by atoms with van der Waals surface area (Å²) in [7, 11) is 0. The van der Waals surface area contributed by atoms with Crippen LogP contribution in [0.15, 0.2) is 6.20 Å². The molecule has 0 bridgehead atoms. The van der Waals surface area contributed by atoms with Crippen LogP contribution in [0.3, 0.4) is 0 Å². The predicted octanol–water partition coefficient (Wildman–Crippen LogP) is 2.56. The summed E-state index contributed by atoms with van der Waals surface area (Å²) >= 11 is 0. The molecule has 102 valence electrons. The molecule has 0 radical (unpaired) electrons. The van der Waals surface area contributed by atoms with Gasteiger partial charge in [0.15, 0.2) is 0 Å². The average Bonchev–Trinajstić information content (AvgIpc) is 2.86. The Morgan fingerprint density at radius 2 is 2.06 bits per heavy atom. The van der Waals surface area contributed by atoms with Gasteiger partial charge in [0.1, 0.15) is 0 Å². The number of hydrogen-bond acceptors (Lipinski definition) is 3. The molecule has 3 atom stereocenters. The Balaban J connectivity index is 1.89. The van der Waals surface area contributed by atoms with E-state index in [0.29, 0.717) is 6.04 Å². The minimum atomic E-state index is 0.0143. The van der Waals surface area contributed by atoms with E-state index < -0.39 is 0 Å². The maximum absolute atomic E-state index is 4.24. The molecule has 1 aliphatic rings. The second-order valence-corrected chi connectivity index (χ2v) is 6.73. The molecule has 1 fully saturated rings. The predicted molar refractivity (Wildman–Crippen MR) is 73.2 cm³/mol. The molecular formula is C14H26N4. The van der Waals surface area contributed by atoms with Crippen molar-refractivity contribution >= 4 is 0 Å². The van der Waals surface area contributed by atoms with Gasteiger partial charge in [0.25, 0.3) is 0 Å². The van der Waals surface area contributed by atoms with Crippen molar-refractivity contribution in [3.8, 4) is 0 Å². The fourth-order valence-corrected chi connectivity index (χ4v) is 2.60. The van der Waals surface area contributed by atoms with Gasteiger partial charge >= 0.3 is 0 Å². The van der Waals surface area contributed by atoms with Crippen LogP contribution in [-0.4, -0.2) is 21.0 Å². The van der Waals surface area contributed by atoms with Crippen molar-refractivity contribution in [3.63, 3.8) is 0 Å². The zero-order valence-electron chi connectivity index (χ0n) is 12.3. The quantitative estimate of drug-likeness (QED) is 0.896. The lowest BCUT2D eigenvalue weighted by molar-refractivity contribution is 0.346. The summed E-state index contributed by atoms with van der Waals surface area (Å²) in [4.78, 5) is 0. The second kappa shape index (κ2) is 5.00. The zero-order valence-corrected chi connectivity index (χ0v) is 12.3. The zero-order chi connectivity index (χ0) is 13.3. The molecule has 4 nitrogen and oxygen atoms in total. The summed E-state index contributed by atoms with van der Waals surface area (Å²) in [5.74, 6) is 1.61. The lowest BCUT2D eigenvalue weighted by Gasteiger charge is -2.19. The Kier molecular flexibility index (Phi) is 3.76. The summed E-state index contributed by atoms with van der Waals surface area (Å²) in [6.45, 7) is 11.9. The van der Waals surface area contributed by atoms with E-state index >= 15 is 0 Å². The second-order valence-electron chi connectivity index (χ2n) is 6.73. The Hall–Kier alpha value is -0.900. The van der Waals surface area contributed by atoms with Crippen LogP contribution in [0.25, 0.3) is 0 Å². The van der Waals surface area contributed by atoms with Crippen molar-refractivity contribution in [2.24, 2.45) is 11.8 Å². The highest BCUT2D eigenvalue weighted by Gasteiger charge is 2.29. The molecule has 1 aromatic rings. The molecule has 4 heteroatoms. The fourth-order valence-electron chi connectivity index (χ4n) is 2.60. The van der Waals surface area contributed by atoms with Crippen molar-refractivity contribution in [3.05, 3.63) is 11.9 Å². The summed E-state index contributed by atoms with van der Waals surface area (Å²) < 4.78 is 1.94. The normalized spacial score (nSPS) is 28.8. The highest BCUT2D eigenvalue weighted by Crippen LogP contribution is 2.31. The smallest absolute Gasteiger partial charge is 0.0965 e. The SMILES string of the molecule is CC1CCC(NCc2cn(C(C)(C)C)nn2)C1C. The molecule has 1 N–H and O–H groups in total. The molecule has 0 spiro atoms. The Labute approximate surface area is 110 Å².